The lowest BCUT2D eigenvalue weighted by Gasteiger charge is -2.29. The minimum atomic E-state index is 1.08. The van der Waals surface area contributed by atoms with Gasteiger partial charge in [0.15, 0.2) is 0 Å². The van der Waals surface area contributed by atoms with E-state index in [1.165, 1.54) is 72.0 Å². The van der Waals surface area contributed by atoms with Crippen molar-refractivity contribution in [2.75, 3.05) is 4.90 Å². The average molecular weight is 828 g/mol. The fourth-order valence-electron chi connectivity index (χ4n) is 9.21. The molecule has 1 heteroatoms. The van der Waals surface area contributed by atoms with Gasteiger partial charge >= 0.3 is 0 Å². The van der Waals surface area contributed by atoms with Gasteiger partial charge in [0.05, 0.1) is 5.69 Å². The fourth-order valence-corrected chi connectivity index (χ4v) is 9.21. The summed E-state index contributed by atoms with van der Waals surface area (Å²) in [6, 6.07) is 99.0. The van der Waals surface area contributed by atoms with Crippen LogP contribution < -0.4 is 4.90 Å². The molecule has 0 unspecified atom stereocenters. The highest BCUT2D eigenvalue weighted by Gasteiger charge is 2.22. The van der Waals surface area contributed by atoms with Crippen LogP contribution in [-0.4, -0.2) is 0 Å². The molecular weight excluding hydrogens is 783 g/mol. The third-order valence-electron chi connectivity index (χ3n) is 12.5. The third kappa shape index (κ3) is 8.04. The summed E-state index contributed by atoms with van der Waals surface area (Å²) in [5.74, 6) is 0. The minimum Gasteiger partial charge on any atom is -0.310 e. The van der Waals surface area contributed by atoms with Gasteiger partial charge in [-0.25, -0.2) is 0 Å². The summed E-state index contributed by atoms with van der Waals surface area (Å²) in [5, 5.41) is 2.48. The van der Waals surface area contributed by atoms with E-state index in [1.807, 2.05) is 0 Å². The summed E-state index contributed by atoms with van der Waals surface area (Å²) >= 11 is 0. The van der Waals surface area contributed by atoms with Crippen molar-refractivity contribution in [3.05, 3.63) is 273 Å². The normalized spacial score (nSPS) is 11.1. The van der Waals surface area contributed by atoms with Crippen molar-refractivity contribution in [1.29, 1.82) is 0 Å². The maximum atomic E-state index is 2.42. The first kappa shape index (κ1) is 39.3. The second-order valence-corrected chi connectivity index (χ2v) is 16.5. The molecule has 0 aliphatic heterocycles. The van der Waals surface area contributed by atoms with Crippen LogP contribution in [0.5, 0.6) is 0 Å². The predicted octanol–water partition coefficient (Wildman–Crippen LogP) is 18.0. The first-order valence-electron chi connectivity index (χ1n) is 22.3. The maximum Gasteiger partial charge on any atom is 0.0540 e. The van der Waals surface area contributed by atoms with Gasteiger partial charge in [-0.3, -0.25) is 0 Å². The number of hydrogen-bond donors (Lipinski definition) is 0. The van der Waals surface area contributed by atoms with E-state index in [4.69, 9.17) is 0 Å². The Hall–Kier alpha value is -8.52. The molecule has 11 aromatic carbocycles. The van der Waals surface area contributed by atoms with E-state index in [9.17, 15) is 0 Å². The number of fused-ring (bicyclic) bond motifs is 1. The summed E-state index contributed by atoms with van der Waals surface area (Å²) in [6.45, 7) is 0. The monoisotopic (exact) mass is 827 g/mol. The summed E-state index contributed by atoms with van der Waals surface area (Å²) in [7, 11) is 0. The Morgan fingerprint density at radius 2 is 0.554 bits per heavy atom. The third-order valence-corrected chi connectivity index (χ3v) is 12.5. The van der Waals surface area contributed by atoms with Crippen molar-refractivity contribution in [1.82, 2.24) is 0 Å². The molecule has 0 aromatic heterocycles. The van der Waals surface area contributed by atoms with E-state index in [2.05, 4.69) is 278 Å². The molecule has 1 nitrogen and oxygen atoms in total. The lowest BCUT2D eigenvalue weighted by molar-refractivity contribution is 1.28. The van der Waals surface area contributed by atoms with Crippen LogP contribution in [-0.2, 0) is 0 Å². The highest BCUT2D eigenvalue weighted by atomic mass is 15.1. The molecule has 0 spiro atoms. The molecule has 306 valence electrons. The molecule has 11 aromatic rings. The van der Waals surface area contributed by atoms with E-state index < -0.39 is 0 Å². The summed E-state index contributed by atoms with van der Waals surface area (Å²) in [4.78, 5) is 2.42. The molecule has 0 heterocycles. The zero-order valence-corrected chi connectivity index (χ0v) is 35.9. The van der Waals surface area contributed by atoms with E-state index in [1.54, 1.807) is 0 Å². The molecule has 0 aliphatic carbocycles. The predicted molar refractivity (Wildman–Crippen MR) is 277 cm³/mol. The topological polar surface area (TPSA) is 3.24 Å². The second-order valence-electron chi connectivity index (χ2n) is 16.5. The molecule has 0 bridgehead atoms. The molecule has 11 rings (SSSR count). The first-order chi connectivity index (χ1) is 32.2. The molecule has 0 amide bonds. The van der Waals surface area contributed by atoms with Crippen LogP contribution in [0.2, 0.25) is 0 Å². The van der Waals surface area contributed by atoms with Crippen molar-refractivity contribution >= 4 is 27.8 Å². The highest BCUT2D eigenvalue weighted by molar-refractivity contribution is 6.00. The van der Waals surface area contributed by atoms with Gasteiger partial charge in [-0.1, -0.05) is 218 Å². The molecule has 65 heavy (non-hydrogen) atoms. The first-order valence-corrected chi connectivity index (χ1v) is 22.3. The summed E-state index contributed by atoms with van der Waals surface area (Å²) in [6.07, 6.45) is 0. The standard InChI is InChI=1S/C64H45N/c1-6-18-46(19-7-1)49-32-37-58(38-33-49)65(59-39-34-50(35-40-59)55-31-30-48-22-16-17-29-54(48)42-55)63-41-36-56(43-60(63)51-23-10-3-11-24-51)64-61(52-25-12-4-13-26-52)44-57(47-20-8-2-9-21-47)45-62(64)53-27-14-5-15-28-53/h1-45H. The van der Waals surface area contributed by atoms with Crippen LogP contribution in [0, 0.1) is 0 Å². The Balaban J connectivity index is 1.12. The molecule has 0 fully saturated rings. The number of rotatable bonds is 10. The molecule has 0 saturated heterocycles. The van der Waals surface area contributed by atoms with Gasteiger partial charge in [0.2, 0.25) is 0 Å². The Kier molecular flexibility index (Phi) is 10.7. The molecule has 0 saturated carbocycles. The zero-order chi connectivity index (χ0) is 43.4. The maximum absolute atomic E-state index is 2.42. The molecule has 0 N–H and O–H groups in total. The smallest absolute Gasteiger partial charge is 0.0540 e. The molecule has 0 aliphatic rings. The Morgan fingerprint density at radius 1 is 0.200 bits per heavy atom. The molecule has 0 radical (unpaired) electrons. The van der Waals surface area contributed by atoms with E-state index in [0.29, 0.717) is 0 Å². The quantitative estimate of drug-likeness (QED) is 0.133. The van der Waals surface area contributed by atoms with E-state index >= 15 is 0 Å². The van der Waals surface area contributed by atoms with Crippen molar-refractivity contribution < 1.29 is 0 Å². The number of hydrogen-bond acceptors (Lipinski definition) is 1. The Labute approximate surface area is 381 Å². The van der Waals surface area contributed by atoms with E-state index in [0.717, 1.165) is 33.8 Å². The fraction of sp³-hybridized carbons (Fsp3) is 0. The van der Waals surface area contributed by atoms with Gasteiger partial charge in [0, 0.05) is 16.9 Å². The molecule has 0 atom stereocenters. The molecular formula is C64H45N. The van der Waals surface area contributed by atoms with Crippen LogP contribution in [0.3, 0.4) is 0 Å². The zero-order valence-electron chi connectivity index (χ0n) is 35.9. The van der Waals surface area contributed by atoms with Gasteiger partial charge < -0.3 is 4.90 Å². The van der Waals surface area contributed by atoms with Crippen LogP contribution in [0.15, 0.2) is 273 Å². The van der Waals surface area contributed by atoms with Crippen LogP contribution in [0.25, 0.3) is 88.7 Å². The van der Waals surface area contributed by atoms with Crippen molar-refractivity contribution in [2.24, 2.45) is 0 Å². The average Bonchev–Trinajstić information content (AvgIpc) is 3.40. The number of benzene rings is 11. The van der Waals surface area contributed by atoms with Crippen molar-refractivity contribution in [3.8, 4) is 77.9 Å². The SMILES string of the molecule is c1ccc(-c2ccc(N(c3ccc(-c4ccc5ccccc5c4)cc3)c3ccc(-c4c(-c5ccccc5)cc(-c5ccccc5)cc4-c4ccccc4)cc3-c3ccccc3)cc2)cc1. The van der Waals surface area contributed by atoms with Gasteiger partial charge in [-0.2, -0.15) is 0 Å². The van der Waals surface area contributed by atoms with Crippen molar-refractivity contribution in [2.45, 2.75) is 0 Å². The van der Waals surface area contributed by atoms with Gasteiger partial charge in [0.25, 0.3) is 0 Å². The number of nitrogens with zero attached hydrogens (tertiary/aromatic N) is 1. The number of anilines is 3. The van der Waals surface area contributed by atoms with Crippen molar-refractivity contribution in [3.63, 3.8) is 0 Å². The highest BCUT2D eigenvalue weighted by Crippen LogP contribution is 2.48. The van der Waals surface area contributed by atoms with E-state index in [-0.39, 0.29) is 0 Å². The Bertz CT molecular complexity index is 3300. The lowest BCUT2D eigenvalue weighted by atomic mass is 9.83. The van der Waals surface area contributed by atoms with Gasteiger partial charge in [-0.05, 0) is 138 Å². The van der Waals surface area contributed by atoms with Gasteiger partial charge in [0.1, 0.15) is 0 Å². The largest absolute Gasteiger partial charge is 0.310 e. The van der Waals surface area contributed by atoms with Crippen LogP contribution in [0.4, 0.5) is 17.1 Å². The lowest BCUT2D eigenvalue weighted by Crippen LogP contribution is -2.11. The van der Waals surface area contributed by atoms with Gasteiger partial charge in [-0.15, -0.1) is 0 Å². The summed E-state index contributed by atoms with van der Waals surface area (Å²) < 4.78 is 0. The Morgan fingerprint density at radius 3 is 1.06 bits per heavy atom. The second kappa shape index (κ2) is 17.7. The minimum absolute atomic E-state index is 1.08. The summed E-state index contributed by atoms with van der Waals surface area (Å²) in [5.41, 5.74) is 19.7. The van der Waals surface area contributed by atoms with Crippen LogP contribution >= 0.6 is 0 Å². The van der Waals surface area contributed by atoms with Crippen LogP contribution in [0.1, 0.15) is 0 Å².